The molecule has 0 saturated heterocycles. The van der Waals surface area contributed by atoms with E-state index >= 15 is 0 Å². The van der Waals surface area contributed by atoms with Crippen molar-refractivity contribution in [2.45, 2.75) is 66.6 Å². The fourth-order valence-corrected chi connectivity index (χ4v) is 2.44. The van der Waals surface area contributed by atoms with Gasteiger partial charge >= 0.3 is 19.3 Å². The van der Waals surface area contributed by atoms with Crippen LogP contribution >= 0.6 is 0 Å². The zero-order valence-corrected chi connectivity index (χ0v) is 18.4. The number of ether oxygens (including phenoxy) is 2. The third kappa shape index (κ3) is 7.10. The summed E-state index contributed by atoms with van der Waals surface area (Å²) in [6.45, 7) is 14.4. The standard InChI is InChI=1S/C18H25BN2O6.C2H6/c1-17(2,3)26-15(22)20-12-7-8-13-11(9-12)10-14(19(24)25)21(13)16(23)27-18(4,5)6;1-2/h7-10,24-25H,1-6H3,(H,20,22);1-2H3. The molecule has 0 unspecified atom stereocenters. The van der Waals surface area contributed by atoms with Gasteiger partial charge in [0.1, 0.15) is 11.2 Å². The second-order valence-corrected chi connectivity index (χ2v) is 8.16. The van der Waals surface area contributed by atoms with E-state index in [9.17, 15) is 19.6 Å². The molecule has 2 rings (SSSR count). The molecule has 9 heteroatoms. The van der Waals surface area contributed by atoms with E-state index in [0.717, 1.165) is 4.57 Å². The first kappa shape index (κ1) is 24.5. The Kier molecular flexibility index (Phi) is 7.88. The Bertz CT molecular complexity index is 862. The normalized spacial score (nSPS) is 11.4. The summed E-state index contributed by atoms with van der Waals surface area (Å²) >= 11 is 0. The van der Waals surface area contributed by atoms with Gasteiger partial charge in [0, 0.05) is 11.1 Å². The lowest BCUT2D eigenvalue weighted by molar-refractivity contribution is 0.0546. The second kappa shape index (κ2) is 9.32. The lowest BCUT2D eigenvalue weighted by Gasteiger charge is -2.21. The second-order valence-electron chi connectivity index (χ2n) is 8.16. The van der Waals surface area contributed by atoms with Crippen molar-refractivity contribution < 1.29 is 29.1 Å². The minimum Gasteiger partial charge on any atom is -0.444 e. The molecule has 3 N–H and O–H groups in total. The first-order valence-corrected chi connectivity index (χ1v) is 9.52. The number of nitrogens with zero attached hydrogens (tertiary/aromatic N) is 1. The van der Waals surface area contributed by atoms with Crippen molar-refractivity contribution in [3.05, 3.63) is 24.3 Å². The van der Waals surface area contributed by atoms with Gasteiger partial charge in [-0.05, 0) is 65.8 Å². The Hall–Kier alpha value is -2.52. The van der Waals surface area contributed by atoms with Crippen LogP contribution in [0.1, 0.15) is 55.4 Å². The number of fused-ring (bicyclic) bond motifs is 1. The lowest BCUT2D eigenvalue weighted by atomic mass is 9.86. The van der Waals surface area contributed by atoms with Gasteiger partial charge in [0.05, 0.1) is 11.1 Å². The molecule has 2 aromatic rings. The van der Waals surface area contributed by atoms with Gasteiger partial charge in [-0.25, -0.2) is 9.59 Å². The molecular weight excluding hydrogens is 375 g/mol. The van der Waals surface area contributed by atoms with Crippen molar-refractivity contribution >= 4 is 41.5 Å². The van der Waals surface area contributed by atoms with E-state index in [4.69, 9.17) is 9.47 Å². The molecule has 1 heterocycles. The Morgan fingerprint density at radius 3 is 2.00 bits per heavy atom. The SMILES string of the molecule is CC.CC(C)(C)OC(=O)Nc1ccc2c(c1)cc(B(O)O)n2C(=O)OC(C)(C)C. The average Bonchev–Trinajstić information content (AvgIpc) is 2.92. The highest BCUT2D eigenvalue weighted by atomic mass is 16.6. The van der Waals surface area contributed by atoms with Gasteiger partial charge in [-0.1, -0.05) is 13.8 Å². The first-order valence-electron chi connectivity index (χ1n) is 9.52. The molecule has 0 aliphatic heterocycles. The summed E-state index contributed by atoms with van der Waals surface area (Å²) < 4.78 is 11.6. The van der Waals surface area contributed by atoms with Gasteiger partial charge in [0.15, 0.2) is 0 Å². The molecule has 0 spiro atoms. The summed E-state index contributed by atoms with van der Waals surface area (Å²) in [6, 6.07) is 6.22. The molecule has 29 heavy (non-hydrogen) atoms. The molecule has 0 aliphatic carbocycles. The van der Waals surface area contributed by atoms with Crippen LogP contribution < -0.4 is 10.9 Å². The Morgan fingerprint density at radius 2 is 1.52 bits per heavy atom. The maximum Gasteiger partial charge on any atom is 0.506 e. The largest absolute Gasteiger partial charge is 0.506 e. The van der Waals surface area contributed by atoms with Gasteiger partial charge in [-0.15, -0.1) is 0 Å². The number of hydrogen-bond donors (Lipinski definition) is 3. The number of anilines is 1. The van der Waals surface area contributed by atoms with Crippen LogP contribution in [0.15, 0.2) is 24.3 Å². The Labute approximate surface area is 171 Å². The van der Waals surface area contributed by atoms with E-state index in [1.807, 2.05) is 13.8 Å². The van der Waals surface area contributed by atoms with Crippen LogP contribution in [-0.2, 0) is 9.47 Å². The molecule has 0 aliphatic rings. The maximum absolute atomic E-state index is 12.5. The summed E-state index contributed by atoms with van der Waals surface area (Å²) in [6.07, 6.45) is -1.34. The predicted molar refractivity (Wildman–Crippen MR) is 115 cm³/mol. The van der Waals surface area contributed by atoms with Crippen molar-refractivity contribution in [3.8, 4) is 0 Å². The zero-order valence-electron chi connectivity index (χ0n) is 18.4. The van der Waals surface area contributed by atoms with E-state index in [2.05, 4.69) is 5.32 Å². The van der Waals surface area contributed by atoms with Crippen molar-refractivity contribution in [1.82, 2.24) is 4.57 Å². The highest BCUT2D eigenvalue weighted by Gasteiger charge is 2.27. The smallest absolute Gasteiger partial charge is 0.444 e. The molecule has 0 fully saturated rings. The molecule has 8 nitrogen and oxygen atoms in total. The Balaban J connectivity index is 0.00000204. The molecule has 1 amide bonds. The fraction of sp³-hybridized carbons (Fsp3) is 0.500. The Morgan fingerprint density at radius 1 is 0.966 bits per heavy atom. The molecule has 160 valence electrons. The number of carbonyl (C=O) groups excluding carboxylic acids is 2. The minimum absolute atomic E-state index is 0.0336. The summed E-state index contributed by atoms with van der Waals surface area (Å²) in [5.41, 5.74) is -0.556. The lowest BCUT2D eigenvalue weighted by Crippen LogP contribution is -2.40. The van der Waals surface area contributed by atoms with E-state index in [1.54, 1.807) is 59.7 Å². The van der Waals surface area contributed by atoms with Crippen LogP contribution in [-0.4, -0.2) is 45.1 Å². The van der Waals surface area contributed by atoms with Gasteiger partial charge in [0.2, 0.25) is 0 Å². The summed E-state index contributed by atoms with van der Waals surface area (Å²) in [5, 5.41) is 22.4. The molecule has 0 radical (unpaired) electrons. The van der Waals surface area contributed by atoms with Crippen LogP contribution in [0.2, 0.25) is 0 Å². The monoisotopic (exact) mass is 406 g/mol. The van der Waals surface area contributed by atoms with Crippen molar-refractivity contribution in [2.75, 3.05) is 5.32 Å². The van der Waals surface area contributed by atoms with Crippen molar-refractivity contribution in [1.29, 1.82) is 0 Å². The molecule has 1 aromatic carbocycles. The van der Waals surface area contributed by atoms with Gasteiger partial charge in [-0.3, -0.25) is 9.88 Å². The highest BCUT2D eigenvalue weighted by molar-refractivity contribution is 6.59. The van der Waals surface area contributed by atoms with Crippen LogP contribution in [0.4, 0.5) is 15.3 Å². The zero-order chi connectivity index (χ0) is 22.6. The number of amides is 1. The minimum atomic E-state index is -1.87. The summed E-state index contributed by atoms with van der Waals surface area (Å²) in [7, 11) is -1.87. The van der Waals surface area contributed by atoms with E-state index in [-0.39, 0.29) is 5.59 Å². The van der Waals surface area contributed by atoms with Crippen molar-refractivity contribution in [3.63, 3.8) is 0 Å². The third-order valence-corrected chi connectivity index (χ3v) is 3.32. The summed E-state index contributed by atoms with van der Waals surface area (Å²) in [5.74, 6) is 0. The van der Waals surface area contributed by atoms with Crippen molar-refractivity contribution in [2.24, 2.45) is 0 Å². The molecule has 1 aromatic heterocycles. The molecule has 0 bridgehead atoms. The highest BCUT2D eigenvalue weighted by Crippen LogP contribution is 2.22. The number of rotatable bonds is 2. The topological polar surface area (TPSA) is 110 Å². The van der Waals surface area contributed by atoms with Gasteiger partial charge in [0.25, 0.3) is 0 Å². The van der Waals surface area contributed by atoms with E-state index < -0.39 is 30.5 Å². The van der Waals surface area contributed by atoms with Crippen LogP contribution in [0.5, 0.6) is 0 Å². The third-order valence-electron chi connectivity index (χ3n) is 3.32. The van der Waals surface area contributed by atoms with Gasteiger partial charge in [-0.2, -0.15) is 0 Å². The maximum atomic E-state index is 12.5. The molecular formula is C20H31BN2O6. The van der Waals surface area contributed by atoms with Crippen LogP contribution in [0.25, 0.3) is 10.9 Å². The van der Waals surface area contributed by atoms with Gasteiger partial charge < -0.3 is 19.5 Å². The number of nitrogens with one attached hydrogen (secondary N) is 1. The van der Waals surface area contributed by atoms with Crippen LogP contribution in [0, 0.1) is 0 Å². The fourth-order valence-electron chi connectivity index (χ4n) is 2.44. The average molecular weight is 406 g/mol. The van der Waals surface area contributed by atoms with Crippen LogP contribution in [0.3, 0.4) is 0 Å². The predicted octanol–water partition coefficient (Wildman–Crippen LogP) is 3.48. The van der Waals surface area contributed by atoms with E-state index in [0.29, 0.717) is 16.6 Å². The number of benzene rings is 1. The molecule has 0 atom stereocenters. The number of hydrogen-bond acceptors (Lipinski definition) is 6. The number of aromatic nitrogens is 1. The number of carbonyl (C=O) groups is 2. The first-order chi connectivity index (χ1) is 13.3. The summed E-state index contributed by atoms with van der Waals surface area (Å²) in [4.78, 5) is 24.4. The molecule has 0 saturated carbocycles. The quantitative estimate of drug-likeness (QED) is 0.659. The van der Waals surface area contributed by atoms with E-state index in [1.165, 1.54) is 6.07 Å².